The molecule has 0 saturated carbocycles. The highest BCUT2D eigenvalue weighted by molar-refractivity contribution is 6.07. The molecule has 73 heavy (non-hydrogen) atoms. The second-order valence-corrected chi connectivity index (χ2v) is 16.3. The van der Waals surface area contributed by atoms with Gasteiger partial charge in [-0.1, -0.05) is 81.7 Å². The molecular formula is C61H55NO11. The molecule has 0 aliphatic rings. The van der Waals surface area contributed by atoms with Crippen molar-refractivity contribution < 1.29 is 52.4 Å². The Morgan fingerprint density at radius 3 is 1.38 bits per heavy atom. The number of benzene rings is 6. The molecule has 0 heterocycles. The van der Waals surface area contributed by atoms with Gasteiger partial charge in [0, 0.05) is 52.9 Å². The fourth-order valence-electron chi connectivity index (χ4n) is 7.03. The van der Waals surface area contributed by atoms with Gasteiger partial charge in [-0.25, -0.2) is 19.2 Å². The Bertz CT molecular complexity index is 2980. The van der Waals surface area contributed by atoms with Gasteiger partial charge in [0.1, 0.15) is 35.2 Å². The molecule has 2 atom stereocenters. The van der Waals surface area contributed by atoms with E-state index in [-0.39, 0.29) is 53.6 Å². The van der Waals surface area contributed by atoms with E-state index >= 15 is 0 Å². The van der Waals surface area contributed by atoms with Crippen molar-refractivity contribution in [3.05, 3.63) is 210 Å². The van der Waals surface area contributed by atoms with Crippen molar-refractivity contribution in [2.24, 2.45) is 0 Å². The first-order valence-corrected chi connectivity index (χ1v) is 23.8. The van der Waals surface area contributed by atoms with Crippen LogP contribution in [-0.4, -0.2) is 55.2 Å². The van der Waals surface area contributed by atoms with Crippen molar-refractivity contribution in [3.8, 4) is 46.7 Å². The molecule has 0 fully saturated rings. The summed E-state index contributed by atoms with van der Waals surface area (Å²) in [4.78, 5) is 64.4. The van der Waals surface area contributed by atoms with E-state index in [9.17, 15) is 24.0 Å². The quantitative estimate of drug-likeness (QED) is 0.0299. The summed E-state index contributed by atoms with van der Waals surface area (Å²) in [6.45, 7) is 11.4. The van der Waals surface area contributed by atoms with Crippen molar-refractivity contribution in [3.63, 3.8) is 0 Å². The molecule has 12 heteroatoms. The summed E-state index contributed by atoms with van der Waals surface area (Å²) in [5, 5.41) is 2.84. The third-order valence-corrected chi connectivity index (χ3v) is 10.8. The highest BCUT2D eigenvalue weighted by Crippen LogP contribution is 2.28. The summed E-state index contributed by atoms with van der Waals surface area (Å²) in [6.07, 6.45) is 5.56. The topological polar surface area (TPSA) is 153 Å². The number of rotatable bonds is 22. The zero-order valence-electron chi connectivity index (χ0n) is 40.7. The first kappa shape index (κ1) is 53.2. The molecule has 0 aromatic heterocycles. The van der Waals surface area contributed by atoms with Crippen LogP contribution in [-0.2, 0) is 19.1 Å². The van der Waals surface area contributed by atoms with Crippen molar-refractivity contribution in [2.75, 3.05) is 18.5 Å². The zero-order valence-corrected chi connectivity index (χ0v) is 40.7. The van der Waals surface area contributed by atoms with Gasteiger partial charge >= 0.3 is 23.9 Å². The van der Waals surface area contributed by atoms with Crippen LogP contribution in [0.15, 0.2) is 171 Å². The highest BCUT2D eigenvalue weighted by Gasteiger charge is 2.21. The minimum atomic E-state index is -0.761. The van der Waals surface area contributed by atoms with E-state index in [0.717, 1.165) is 41.7 Å². The first-order valence-electron chi connectivity index (χ1n) is 23.8. The molecule has 6 aromatic carbocycles. The van der Waals surface area contributed by atoms with E-state index in [1.165, 1.54) is 42.5 Å². The second-order valence-electron chi connectivity index (χ2n) is 16.3. The minimum Gasteiger partial charge on any atom is -0.493 e. The van der Waals surface area contributed by atoms with Crippen LogP contribution in [0.2, 0.25) is 0 Å². The Labute approximate surface area is 425 Å². The average Bonchev–Trinajstić information content (AvgIpc) is 3.41. The van der Waals surface area contributed by atoms with E-state index in [1.54, 1.807) is 48.5 Å². The molecule has 12 nitrogen and oxygen atoms in total. The van der Waals surface area contributed by atoms with Gasteiger partial charge in [-0.05, 0) is 140 Å². The van der Waals surface area contributed by atoms with Crippen LogP contribution in [0.5, 0.6) is 23.0 Å². The molecular weight excluding hydrogens is 923 g/mol. The molecule has 0 spiro atoms. The SMILES string of the molecule is C=CC(=O)OC(CCC)CCOc1ccc(C(=O)Oc2ccc(OC(=O)c3ccc(OCCC(CCC)OC(=O)C=C)cc3)c(C(=O)Nc3ccc(C#Cc4ccc(C#Cc5ccccc5)cc4)cc3)c2)cc1. The summed E-state index contributed by atoms with van der Waals surface area (Å²) in [7, 11) is 0. The van der Waals surface area contributed by atoms with Crippen molar-refractivity contribution >= 4 is 35.5 Å². The van der Waals surface area contributed by atoms with Crippen LogP contribution in [0.4, 0.5) is 5.69 Å². The van der Waals surface area contributed by atoms with Gasteiger partial charge in [-0.2, -0.15) is 0 Å². The van der Waals surface area contributed by atoms with Gasteiger partial charge in [0.05, 0.1) is 29.9 Å². The monoisotopic (exact) mass is 977 g/mol. The van der Waals surface area contributed by atoms with E-state index < -0.39 is 29.8 Å². The number of ether oxygens (including phenoxy) is 6. The standard InChI is InChI=1S/C61H55NO11/c1-5-12-52(70-57(63)7-3)38-40-68-50-32-26-47(27-33-50)60(66)72-54-36-37-56(73-61(67)48-28-34-51(35-29-48)69-41-39-53(13-6-2)71-58(64)8-4)55(42-54)59(65)62-49-30-24-46(25-31-49)23-22-45-20-18-44(19-21-45)17-16-43-14-10-9-11-15-43/h7-11,14-15,18-21,24-37,42,52-53H,3-6,12-13,38-41H2,1-2H3,(H,62,65). The number of amides is 1. The predicted octanol–water partition coefficient (Wildman–Crippen LogP) is 11.5. The third-order valence-electron chi connectivity index (χ3n) is 10.8. The average molecular weight is 978 g/mol. The predicted molar refractivity (Wildman–Crippen MR) is 279 cm³/mol. The van der Waals surface area contributed by atoms with Gasteiger partial charge in [0.15, 0.2) is 0 Å². The highest BCUT2D eigenvalue weighted by atomic mass is 16.6. The summed E-state index contributed by atoms with van der Waals surface area (Å²) >= 11 is 0. The molecule has 0 aliphatic heterocycles. The summed E-state index contributed by atoms with van der Waals surface area (Å²) in [5.41, 5.74) is 4.01. The van der Waals surface area contributed by atoms with Crippen molar-refractivity contribution in [2.45, 2.75) is 64.6 Å². The number of hydrogen-bond donors (Lipinski definition) is 1. The molecule has 0 aliphatic carbocycles. The zero-order chi connectivity index (χ0) is 51.8. The maximum atomic E-state index is 14.0. The summed E-state index contributed by atoms with van der Waals surface area (Å²) in [6, 6.07) is 41.0. The van der Waals surface area contributed by atoms with Crippen LogP contribution in [0, 0.1) is 23.7 Å². The van der Waals surface area contributed by atoms with Crippen LogP contribution < -0.4 is 24.3 Å². The van der Waals surface area contributed by atoms with E-state index in [0.29, 0.717) is 48.4 Å². The van der Waals surface area contributed by atoms with Crippen molar-refractivity contribution in [1.29, 1.82) is 0 Å². The van der Waals surface area contributed by atoms with Gasteiger partial charge in [0.25, 0.3) is 5.91 Å². The Hall–Kier alpha value is -9.13. The lowest BCUT2D eigenvalue weighted by Gasteiger charge is -2.16. The van der Waals surface area contributed by atoms with Gasteiger partial charge in [-0.15, -0.1) is 0 Å². The maximum absolute atomic E-state index is 14.0. The Morgan fingerprint density at radius 1 is 0.507 bits per heavy atom. The van der Waals surface area contributed by atoms with Gasteiger partial charge in [-0.3, -0.25) is 4.79 Å². The molecule has 1 N–H and O–H groups in total. The van der Waals surface area contributed by atoms with E-state index in [2.05, 4.69) is 42.2 Å². The minimum absolute atomic E-state index is 0.00939. The number of nitrogens with one attached hydrogen (secondary N) is 1. The molecule has 1 amide bonds. The molecule has 0 saturated heterocycles. The normalized spacial score (nSPS) is 11.1. The van der Waals surface area contributed by atoms with Crippen LogP contribution >= 0.6 is 0 Å². The lowest BCUT2D eigenvalue weighted by molar-refractivity contribution is -0.144. The van der Waals surface area contributed by atoms with E-state index in [1.807, 2.05) is 68.4 Å². The number of hydrogen-bond acceptors (Lipinski definition) is 11. The summed E-state index contributed by atoms with van der Waals surface area (Å²) < 4.78 is 34.0. The molecule has 2 unspecified atom stereocenters. The summed E-state index contributed by atoms with van der Waals surface area (Å²) in [5.74, 6) is 10.4. The number of carbonyl (C=O) groups excluding carboxylic acids is 5. The van der Waals surface area contributed by atoms with Crippen LogP contribution in [0.25, 0.3) is 0 Å². The largest absolute Gasteiger partial charge is 0.493 e. The maximum Gasteiger partial charge on any atom is 0.343 e. The second kappa shape index (κ2) is 27.9. The molecule has 6 aromatic rings. The van der Waals surface area contributed by atoms with Crippen LogP contribution in [0.1, 0.15) is 106 Å². The Morgan fingerprint density at radius 2 is 0.932 bits per heavy atom. The fourth-order valence-corrected chi connectivity index (χ4v) is 7.03. The lowest BCUT2D eigenvalue weighted by atomic mass is 10.1. The van der Waals surface area contributed by atoms with Crippen molar-refractivity contribution in [1.82, 2.24) is 0 Å². The Balaban J connectivity index is 1.13. The molecule has 6 rings (SSSR count). The van der Waals surface area contributed by atoms with Gasteiger partial charge < -0.3 is 33.7 Å². The fraction of sp³-hybridized carbons (Fsp3) is 0.197. The molecule has 0 bridgehead atoms. The van der Waals surface area contributed by atoms with Crippen LogP contribution in [0.3, 0.4) is 0 Å². The van der Waals surface area contributed by atoms with E-state index in [4.69, 9.17) is 28.4 Å². The Kier molecular flexibility index (Phi) is 20.3. The first-order chi connectivity index (χ1) is 35.5. The number of carbonyl (C=O) groups is 5. The molecule has 0 radical (unpaired) electrons. The third kappa shape index (κ3) is 17.4. The smallest absolute Gasteiger partial charge is 0.343 e. The lowest BCUT2D eigenvalue weighted by Crippen LogP contribution is -2.19. The number of anilines is 1. The van der Waals surface area contributed by atoms with Gasteiger partial charge in [0.2, 0.25) is 0 Å². The molecule has 370 valence electrons. The number of esters is 4.